The molecule has 3 atom stereocenters. The number of hydrogen-bond donors (Lipinski definition) is 1. The number of esters is 1. The molecule has 1 N–H and O–H groups in total. The summed E-state index contributed by atoms with van der Waals surface area (Å²) in [5.41, 5.74) is -0.573. The number of methoxy groups -OCH3 is 1. The van der Waals surface area contributed by atoms with E-state index in [1.807, 2.05) is 6.92 Å². The smallest absolute Gasteiger partial charge is 0.325 e. The van der Waals surface area contributed by atoms with Crippen LogP contribution in [0, 0.1) is 11.8 Å². The van der Waals surface area contributed by atoms with Gasteiger partial charge in [-0.2, -0.15) is 0 Å². The van der Waals surface area contributed by atoms with E-state index in [9.17, 15) is 4.79 Å². The highest BCUT2D eigenvalue weighted by atomic mass is 16.5. The zero-order valence-electron chi connectivity index (χ0n) is 14.0. The second-order valence-corrected chi connectivity index (χ2v) is 6.96. The molecule has 0 aromatic heterocycles. The van der Waals surface area contributed by atoms with Gasteiger partial charge in [0.2, 0.25) is 0 Å². The van der Waals surface area contributed by atoms with Crippen LogP contribution in [0.5, 0.6) is 0 Å². The van der Waals surface area contributed by atoms with Crippen molar-refractivity contribution in [3.8, 4) is 0 Å². The van der Waals surface area contributed by atoms with Crippen molar-refractivity contribution in [1.82, 2.24) is 10.2 Å². The molecule has 1 rings (SSSR count). The van der Waals surface area contributed by atoms with Crippen molar-refractivity contribution >= 4 is 5.97 Å². The van der Waals surface area contributed by atoms with Crippen molar-refractivity contribution in [1.29, 1.82) is 0 Å². The van der Waals surface area contributed by atoms with Crippen LogP contribution in [0.4, 0.5) is 0 Å². The van der Waals surface area contributed by atoms with E-state index in [2.05, 4.69) is 38.0 Å². The van der Waals surface area contributed by atoms with Gasteiger partial charge >= 0.3 is 5.97 Å². The molecule has 4 heteroatoms. The number of ether oxygens (including phenoxy) is 1. The minimum atomic E-state index is -0.573. The maximum absolute atomic E-state index is 12.0. The first-order valence-corrected chi connectivity index (χ1v) is 7.83. The lowest BCUT2D eigenvalue weighted by atomic mass is 9.94. The summed E-state index contributed by atoms with van der Waals surface area (Å²) in [5, 5.41) is 3.35. The Kier molecular flexibility index (Phi) is 6.46. The Morgan fingerprint density at radius 1 is 1.50 bits per heavy atom. The van der Waals surface area contributed by atoms with Gasteiger partial charge in [-0.05, 0) is 65.5 Å². The molecule has 20 heavy (non-hydrogen) atoms. The van der Waals surface area contributed by atoms with Crippen molar-refractivity contribution in [3.63, 3.8) is 0 Å². The number of carbonyl (C=O) groups is 1. The minimum absolute atomic E-state index is 0.162. The van der Waals surface area contributed by atoms with Gasteiger partial charge in [0.15, 0.2) is 0 Å². The molecule has 118 valence electrons. The summed E-state index contributed by atoms with van der Waals surface area (Å²) in [4.78, 5) is 14.4. The summed E-state index contributed by atoms with van der Waals surface area (Å²) in [7, 11) is 3.64. The second kappa shape index (κ2) is 7.41. The largest absolute Gasteiger partial charge is 0.468 e. The highest BCUT2D eigenvalue weighted by Gasteiger charge is 2.35. The summed E-state index contributed by atoms with van der Waals surface area (Å²) in [6.07, 6.45) is 3.18. The Bertz CT molecular complexity index is 320. The summed E-state index contributed by atoms with van der Waals surface area (Å²) >= 11 is 0. The zero-order chi connectivity index (χ0) is 15.3. The highest BCUT2D eigenvalue weighted by Crippen LogP contribution is 2.37. The van der Waals surface area contributed by atoms with E-state index in [-0.39, 0.29) is 12.0 Å². The first-order chi connectivity index (χ1) is 9.28. The lowest BCUT2D eigenvalue weighted by Crippen LogP contribution is -2.53. The van der Waals surface area contributed by atoms with Gasteiger partial charge in [0.25, 0.3) is 0 Å². The molecular formula is C16H32N2O2. The van der Waals surface area contributed by atoms with E-state index >= 15 is 0 Å². The van der Waals surface area contributed by atoms with Crippen LogP contribution < -0.4 is 5.32 Å². The topological polar surface area (TPSA) is 41.6 Å². The van der Waals surface area contributed by atoms with E-state index in [4.69, 9.17) is 4.74 Å². The molecule has 1 aliphatic rings. The van der Waals surface area contributed by atoms with Crippen molar-refractivity contribution < 1.29 is 9.53 Å². The average molecular weight is 284 g/mol. The fourth-order valence-corrected chi connectivity index (χ4v) is 2.94. The van der Waals surface area contributed by atoms with Crippen LogP contribution in [0.3, 0.4) is 0 Å². The molecule has 1 aliphatic carbocycles. The molecule has 4 nitrogen and oxygen atoms in total. The van der Waals surface area contributed by atoms with Crippen molar-refractivity contribution in [2.75, 3.05) is 27.2 Å². The Morgan fingerprint density at radius 3 is 2.55 bits per heavy atom. The molecule has 0 heterocycles. The van der Waals surface area contributed by atoms with E-state index in [1.165, 1.54) is 20.1 Å². The maximum atomic E-state index is 12.0. The SMILES string of the molecule is COC(=O)C(C)(CCCN(C)CC1CC1C)NC(C)C. The molecule has 0 aromatic carbocycles. The average Bonchev–Trinajstić information content (AvgIpc) is 3.02. The summed E-state index contributed by atoms with van der Waals surface area (Å²) < 4.78 is 4.95. The maximum Gasteiger partial charge on any atom is 0.325 e. The number of rotatable bonds is 9. The first kappa shape index (κ1) is 17.4. The van der Waals surface area contributed by atoms with E-state index in [0.29, 0.717) is 0 Å². The normalized spacial score (nSPS) is 24.8. The lowest BCUT2D eigenvalue weighted by molar-refractivity contribution is -0.148. The first-order valence-electron chi connectivity index (χ1n) is 7.83. The molecule has 0 amide bonds. The molecular weight excluding hydrogens is 252 g/mol. The third-order valence-electron chi connectivity index (χ3n) is 4.28. The van der Waals surface area contributed by atoms with Gasteiger partial charge in [-0.25, -0.2) is 0 Å². The standard InChI is InChI=1S/C16H32N2O2/c1-12(2)17-16(4,15(19)20-6)8-7-9-18(5)11-14-10-13(14)3/h12-14,17H,7-11H2,1-6H3. The summed E-state index contributed by atoms with van der Waals surface area (Å²) in [6.45, 7) is 10.6. The van der Waals surface area contributed by atoms with Gasteiger partial charge in [-0.1, -0.05) is 6.92 Å². The van der Waals surface area contributed by atoms with Crippen LogP contribution in [0.15, 0.2) is 0 Å². The molecule has 0 aliphatic heterocycles. The Morgan fingerprint density at radius 2 is 2.10 bits per heavy atom. The Balaban J connectivity index is 2.35. The van der Waals surface area contributed by atoms with Gasteiger partial charge in [0.05, 0.1) is 7.11 Å². The molecule has 1 saturated carbocycles. The minimum Gasteiger partial charge on any atom is -0.468 e. The van der Waals surface area contributed by atoms with E-state index in [0.717, 1.165) is 31.2 Å². The molecule has 0 spiro atoms. The summed E-state index contributed by atoms with van der Waals surface area (Å²) in [6, 6.07) is 0.268. The monoisotopic (exact) mass is 284 g/mol. The van der Waals surface area contributed by atoms with Crippen LogP contribution in [0.25, 0.3) is 0 Å². The summed E-state index contributed by atoms with van der Waals surface area (Å²) in [5.74, 6) is 1.63. The molecule has 0 bridgehead atoms. The molecule has 0 aromatic rings. The molecule has 0 saturated heterocycles. The molecule has 3 unspecified atom stereocenters. The van der Waals surface area contributed by atoms with Crippen molar-refractivity contribution in [2.24, 2.45) is 11.8 Å². The molecule has 0 radical (unpaired) electrons. The molecule has 1 fully saturated rings. The fraction of sp³-hybridized carbons (Fsp3) is 0.938. The predicted molar refractivity (Wildman–Crippen MR) is 82.7 cm³/mol. The third-order valence-corrected chi connectivity index (χ3v) is 4.28. The van der Waals surface area contributed by atoms with Crippen molar-refractivity contribution in [3.05, 3.63) is 0 Å². The highest BCUT2D eigenvalue weighted by molar-refractivity contribution is 5.80. The van der Waals surface area contributed by atoms with Gasteiger partial charge < -0.3 is 9.64 Å². The quantitative estimate of drug-likeness (QED) is 0.660. The van der Waals surface area contributed by atoms with Crippen LogP contribution in [-0.4, -0.2) is 49.7 Å². The van der Waals surface area contributed by atoms with Crippen LogP contribution in [-0.2, 0) is 9.53 Å². The van der Waals surface area contributed by atoms with Gasteiger partial charge in [-0.15, -0.1) is 0 Å². The number of carbonyl (C=O) groups excluding carboxylic acids is 1. The fourth-order valence-electron chi connectivity index (χ4n) is 2.94. The van der Waals surface area contributed by atoms with E-state index < -0.39 is 5.54 Å². The van der Waals surface area contributed by atoms with Gasteiger partial charge in [-0.3, -0.25) is 10.1 Å². The number of nitrogens with one attached hydrogen (secondary N) is 1. The lowest BCUT2D eigenvalue weighted by Gasteiger charge is -2.31. The second-order valence-electron chi connectivity index (χ2n) is 6.96. The zero-order valence-corrected chi connectivity index (χ0v) is 14.0. The van der Waals surface area contributed by atoms with Crippen LogP contribution in [0.1, 0.15) is 47.0 Å². The van der Waals surface area contributed by atoms with E-state index in [1.54, 1.807) is 0 Å². The third kappa shape index (κ3) is 5.41. The number of nitrogens with zero attached hydrogens (tertiary/aromatic N) is 1. The number of hydrogen-bond acceptors (Lipinski definition) is 4. The van der Waals surface area contributed by atoms with Gasteiger partial charge in [0, 0.05) is 12.6 Å². The van der Waals surface area contributed by atoms with Crippen LogP contribution in [0.2, 0.25) is 0 Å². The predicted octanol–water partition coefficient (Wildman–Crippen LogP) is 2.28. The Labute approximate surface area is 124 Å². The van der Waals surface area contributed by atoms with Crippen molar-refractivity contribution in [2.45, 2.75) is 58.5 Å². The van der Waals surface area contributed by atoms with Crippen LogP contribution >= 0.6 is 0 Å². The Hall–Kier alpha value is -0.610. The van der Waals surface area contributed by atoms with Gasteiger partial charge in [0.1, 0.15) is 5.54 Å².